The van der Waals surface area contributed by atoms with Gasteiger partial charge in [0.05, 0.1) is 6.10 Å². The largest absolute Gasteiger partial charge is 0.361 e. The van der Waals surface area contributed by atoms with Gasteiger partial charge in [-0.1, -0.05) is 109 Å². The van der Waals surface area contributed by atoms with Gasteiger partial charge in [-0.15, -0.1) is 0 Å². The van der Waals surface area contributed by atoms with Gasteiger partial charge in [0.15, 0.2) is 5.78 Å². The van der Waals surface area contributed by atoms with E-state index in [4.69, 9.17) is 4.74 Å². The number of fused-ring (bicyclic) bond motifs is 4. The summed E-state index contributed by atoms with van der Waals surface area (Å²) in [4.78, 5) is 13.6. The van der Waals surface area contributed by atoms with E-state index >= 15 is 0 Å². The van der Waals surface area contributed by atoms with Crippen molar-refractivity contribution in [1.82, 2.24) is 0 Å². The number of rotatable bonds is 4. The Morgan fingerprint density at radius 1 is 0.750 bits per heavy atom. The minimum Gasteiger partial charge on any atom is -0.361 e. The monoisotopic (exact) mass is 416 g/mol. The SMILES string of the molecule is O=C(c1ccccc1)c1ccccc1[C@H]1C[C@H]2Cc3ccccc3[C@]1(c1ccccc1)O2. The molecule has 32 heavy (non-hydrogen) atoms. The predicted octanol–water partition coefficient (Wildman–Crippen LogP) is 6.29. The zero-order valence-corrected chi connectivity index (χ0v) is 17.8. The van der Waals surface area contributed by atoms with Gasteiger partial charge in [-0.05, 0) is 35.1 Å². The van der Waals surface area contributed by atoms with E-state index in [1.54, 1.807) is 0 Å². The lowest BCUT2D eigenvalue weighted by atomic mass is 9.71. The third-order valence-corrected chi connectivity index (χ3v) is 7.03. The maximum atomic E-state index is 13.6. The lowest BCUT2D eigenvalue weighted by molar-refractivity contribution is -0.0342. The smallest absolute Gasteiger partial charge is 0.193 e. The van der Waals surface area contributed by atoms with Crippen LogP contribution in [0.3, 0.4) is 0 Å². The quantitative estimate of drug-likeness (QED) is 0.366. The van der Waals surface area contributed by atoms with Crippen molar-refractivity contribution in [2.75, 3.05) is 0 Å². The van der Waals surface area contributed by atoms with Gasteiger partial charge in [0.1, 0.15) is 5.60 Å². The number of ketones is 1. The molecule has 2 heterocycles. The zero-order valence-electron chi connectivity index (χ0n) is 17.8. The van der Waals surface area contributed by atoms with Crippen molar-refractivity contribution in [1.29, 1.82) is 0 Å². The highest BCUT2D eigenvalue weighted by Crippen LogP contribution is 2.58. The Morgan fingerprint density at radius 3 is 2.22 bits per heavy atom. The molecule has 0 saturated carbocycles. The molecule has 0 radical (unpaired) electrons. The van der Waals surface area contributed by atoms with Crippen LogP contribution in [0.5, 0.6) is 0 Å². The molecule has 0 amide bonds. The highest BCUT2D eigenvalue weighted by Gasteiger charge is 2.55. The summed E-state index contributed by atoms with van der Waals surface area (Å²) in [6, 6.07) is 36.9. The lowest BCUT2D eigenvalue weighted by Crippen LogP contribution is -2.37. The summed E-state index contributed by atoms with van der Waals surface area (Å²) in [7, 11) is 0. The normalized spacial score (nSPS) is 23.5. The van der Waals surface area contributed by atoms with E-state index in [0.717, 1.165) is 35.1 Å². The second kappa shape index (κ2) is 7.58. The predicted molar refractivity (Wildman–Crippen MR) is 126 cm³/mol. The van der Waals surface area contributed by atoms with E-state index in [-0.39, 0.29) is 17.8 Å². The van der Waals surface area contributed by atoms with Crippen LogP contribution in [0, 0.1) is 0 Å². The molecule has 2 nitrogen and oxygen atoms in total. The van der Waals surface area contributed by atoms with Crippen LogP contribution in [0.1, 0.15) is 50.5 Å². The number of ether oxygens (including phenoxy) is 1. The summed E-state index contributed by atoms with van der Waals surface area (Å²) in [5.74, 6) is 0.126. The van der Waals surface area contributed by atoms with Crippen molar-refractivity contribution in [2.24, 2.45) is 0 Å². The van der Waals surface area contributed by atoms with E-state index in [1.165, 1.54) is 11.1 Å². The molecule has 1 saturated heterocycles. The Hall–Kier alpha value is -3.49. The maximum Gasteiger partial charge on any atom is 0.193 e. The van der Waals surface area contributed by atoms with Crippen molar-refractivity contribution in [3.05, 3.63) is 143 Å². The van der Waals surface area contributed by atoms with Gasteiger partial charge in [-0.2, -0.15) is 0 Å². The van der Waals surface area contributed by atoms with Crippen molar-refractivity contribution < 1.29 is 9.53 Å². The number of carbonyl (C=O) groups is 1. The summed E-state index contributed by atoms with van der Waals surface area (Å²) in [6.07, 6.45) is 1.94. The summed E-state index contributed by atoms with van der Waals surface area (Å²) >= 11 is 0. The molecule has 2 heteroatoms. The molecule has 2 bridgehead atoms. The van der Waals surface area contributed by atoms with Crippen LogP contribution >= 0.6 is 0 Å². The fraction of sp³-hybridized carbons (Fsp3) is 0.167. The van der Waals surface area contributed by atoms with Gasteiger partial charge in [-0.25, -0.2) is 0 Å². The fourth-order valence-corrected chi connectivity index (χ4v) is 5.71. The topological polar surface area (TPSA) is 26.3 Å². The second-order valence-electron chi connectivity index (χ2n) is 8.77. The van der Waals surface area contributed by atoms with Crippen LogP contribution < -0.4 is 0 Å². The number of hydrogen-bond acceptors (Lipinski definition) is 2. The standard InChI is InChI=1S/C30H24O2/c31-29(21-11-3-1-4-12-21)26-17-9-8-16-25(26)28-20-24-19-22-13-7-10-18-27(22)30(28,32-24)23-14-5-2-6-15-23/h1-18,24,28H,19-20H2/t24-,28-,30+/m1/s1. The van der Waals surface area contributed by atoms with Crippen LogP contribution in [-0.4, -0.2) is 11.9 Å². The van der Waals surface area contributed by atoms with Gasteiger partial charge >= 0.3 is 0 Å². The number of hydrogen-bond donors (Lipinski definition) is 0. The molecule has 2 aliphatic rings. The van der Waals surface area contributed by atoms with Crippen molar-refractivity contribution >= 4 is 5.78 Å². The molecule has 0 N–H and O–H groups in total. The van der Waals surface area contributed by atoms with Crippen LogP contribution in [0.25, 0.3) is 0 Å². The second-order valence-corrected chi connectivity index (χ2v) is 8.77. The van der Waals surface area contributed by atoms with Gasteiger partial charge in [0.2, 0.25) is 0 Å². The Balaban J connectivity index is 1.57. The summed E-state index contributed by atoms with van der Waals surface area (Å²) in [5.41, 5.74) is 5.71. The van der Waals surface area contributed by atoms with E-state index in [0.29, 0.717) is 0 Å². The molecule has 6 rings (SSSR count). The molecule has 0 aromatic heterocycles. The Kier molecular flexibility index (Phi) is 4.55. The summed E-state index contributed by atoms with van der Waals surface area (Å²) in [5, 5.41) is 0. The molecule has 2 aliphatic heterocycles. The van der Waals surface area contributed by atoms with Crippen molar-refractivity contribution in [3.8, 4) is 0 Å². The molecule has 156 valence electrons. The zero-order chi connectivity index (χ0) is 21.5. The lowest BCUT2D eigenvalue weighted by Gasteiger charge is -2.40. The molecule has 0 aliphatic carbocycles. The van der Waals surface area contributed by atoms with Crippen LogP contribution in [0.15, 0.2) is 109 Å². The third-order valence-electron chi connectivity index (χ3n) is 7.03. The summed E-state index contributed by atoms with van der Waals surface area (Å²) < 4.78 is 6.89. The summed E-state index contributed by atoms with van der Waals surface area (Å²) in [6.45, 7) is 0. The van der Waals surface area contributed by atoms with Crippen LogP contribution in [0.4, 0.5) is 0 Å². The minimum absolute atomic E-state index is 0.0578. The molecule has 0 unspecified atom stereocenters. The molecule has 0 spiro atoms. The first kappa shape index (κ1) is 19.2. The minimum atomic E-state index is -0.589. The third kappa shape index (κ3) is 2.87. The van der Waals surface area contributed by atoms with Crippen molar-refractivity contribution in [3.63, 3.8) is 0 Å². The molecular formula is C30H24O2. The van der Waals surface area contributed by atoms with E-state index < -0.39 is 5.60 Å². The van der Waals surface area contributed by atoms with Crippen LogP contribution in [-0.2, 0) is 16.8 Å². The average Bonchev–Trinajstić information content (AvgIpc) is 3.18. The van der Waals surface area contributed by atoms with Crippen molar-refractivity contribution in [2.45, 2.75) is 30.5 Å². The van der Waals surface area contributed by atoms with E-state index in [9.17, 15) is 4.79 Å². The Labute approximate surface area is 188 Å². The molecule has 1 fully saturated rings. The fourth-order valence-electron chi connectivity index (χ4n) is 5.71. The van der Waals surface area contributed by atoms with Gasteiger partial charge in [0, 0.05) is 17.0 Å². The molecular weight excluding hydrogens is 392 g/mol. The first-order valence-corrected chi connectivity index (χ1v) is 11.3. The van der Waals surface area contributed by atoms with E-state index in [1.807, 2.05) is 54.6 Å². The molecule has 4 aromatic carbocycles. The van der Waals surface area contributed by atoms with Gasteiger partial charge in [0.25, 0.3) is 0 Å². The first-order valence-electron chi connectivity index (χ1n) is 11.3. The van der Waals surface area contributed by atoms with E-state index in [2.05, 4.69) is 54.6 Å². The van der Waals surface area contributed by atoms with Crippen LogP contribution in [0.2, 0.25) is 0 Å². The first-order chi connectivity index (χ1) is 15.8. The highest BCUT2D eigenvalue weighted by atomic mass is 16.5. The maximum absolute atomic E-state index is 13.6. The number of carbonyl (C=O) groups excluding carboxylic acids is 1. The van der Waals surface area contributed by atoms with Gasteiger partial charge in [-0.3, -0.25) is 4.79 Å². The Morgan fingerprint density at radius 2 is 1.41 bits per heavy atom. The Bertz CT molecular complexity index is 1280. The average molecular weight is 417 g/mol. The highest BCUT2D eigenvalue weighted by molar-refractivity contribution is 6.10. The molecule has 3 atom stereocenters. The molecule has 4 aromatic rings. The van der Waals surface area contributed by atoms with Gasteiger partial charge < -0.3 is 4.74 Å². The number of benzene rings is 4.